The van der Waals surface area contributed by atoms with Gasteiger partial charge in [-0.05, 0) is 51.7 Å². The van der Waals surface area contributed by atoms with Crippen molar-refractivity contribution in [3.63, 3.8) is 0 Å². The number of carbonyl (C=O) groups is 1. The molecule has 1 aliphatic rings. The maximum Gasteiger partial charge on any atom is 0.252 e. The zero-order valence-corrected chi connectivity index (χ0v) is 18.1. The van der Waals surface area contributed by atoms with Gasteiger partial charge in [-0.15, -0.1) is 4.80 Å². The average Bonchev–Trinajstić information content (AvgIpc) is 3.52. The first-order chi connectivity index (χ1) is 15.2. The predicted octanol–water partition coefficient (Wildman–Crippen LogP) is 2.19. The van der Waals surface area contributed by atoms with Crippen LogP contribution in [0.25, 0.3) is 5.69 Å². The van der Waals surface area contributed by atoms with Gasteiger partial charge in [0.1, 0.15) is 11.5 Å². The van der Waals surface area contributed by atoms with E-state index in [1.165, 1.54) is 4.80 Å². The number of primary amides is 1. The molecule has 0 saturated heterocycles. The first-order valence-corrected chi connectivity index (χ1v) is 10.4. The Morgan fingerprint density at radius 2 is 1.88 bits per heavy atom. The quantitative estimate of drug-likeness (QED) is 0.417. The molecule has 1 saturated carbocycles. The zero-order valence-electron chi connectivity index (χ0n) is 18.1. The molecule has 168 valence electrons. The number of amides is 1. The summed E-state index contributed by atoms with van der Waals surface area (Å²) in [6.45, 7) is 5.60. The standard InChI is InChI=1S/C21H26FN9O/c1-10(23)18(13-4-5-13)27-21-17(22)7-16(19(24)32)20(28-21)26-14-6-15(9-25-8-14)31-29-11(2)12(3)30-31/h6-10,13,18H,4-5,23H2,1-3H3,(H2,24,32)(H2,26,27,28)/t10-,18-/m0/s1. The summed E-state index contributed by atoms with van der Waals surface area (Å²) in [4.78, 5) is 21.9. The fraction of sp³-hybridized carbons (Fsp3) is 0.381. The molecule has 4 rings (SSSR count). The number of hydrogen-bond acceptors (Lipinski definition) is 8. The summed E-state index contributed by atoms with van der Waals surface area (Å²) in [5.41, 5.74) is 14.2. The van der Waals surface area contributed by atoms with Crippen molar-refractivity contribution in [1.29, 1.82) is 0 Å². The fourth-order valence-electron chi connectivity index (χ4n) is 3.47. The number of carbonyl (C=O) groups excluding carboxylic acids is 1. The Bertz CT molecular complexity index is 1130. The summed E-state index contributed by atoms with van der Waals surface area (Å²) in [7, 11) is 0. The number of aryl methyl sites for hydroxylation is 2. The van der Waals surface area contributed by atoms with Gasteiger partial charge < -0.3 is 22.1 Å². The lowest BCUT2D eigenvalue weighted by molar-refractivity contribution is 0.100. The van der Waals surface area contributed by atoms with E-state index >= 15 is 0 Å². The highest BCUT2D eigenvalue weighted by atomic mass is 19.1. The van der Waals surface area contributed by atoms with Crippen LogP contribution in [0, 0.1) is 25.6 Å². The first kappa shape index (κ1) is 21.6. The molecule has 0 unspecified atom stereocenters. The summed E-state index contributed by atoms with van der Waals surface area (Å²) in [5, 5.41) is 14.8. The Hall–Kier alpha value is -3.60. The van der Waals surface area contributed by atoms with E-state index in [-0.39, 0.29) is 29.3 Å². The van der Waals surface area contributed by atoms with Crippen LogP contribution < -0.4 is 22.1 Å². The SMILES string of the molecule is Cc1nn(-c2cncc(Nc3nc(N[C@H](C4CC4)[C@H](C)N)c(F)cc3C(N)=O)c2)nc1C. The number of halogens is 1. The molecular formula is C21H26FN9O. The third-order valence-electron chi connectivity index (χ3n) is 5.47. The molecule has 0 aromatic carbocycles. The van der Waals surface area contributed by atoms with Gasteiger partial charge in [0, 0.05) is 12.1 Å². The zero-order chi connectivity index (χ0) is 23.0. The van der Waals surface area contributed by atoms with Crippen LogP contribution in [0.15, 0.2) is 24.5 Å². The van der Waals surface area contributed by atoms with E-state index in [0.717, 1.165) is 30.3 Å². The summed E-state index contributed by atoms with van der Waals surface area (Å²) >= 11 is 0. The van der Waals surface area contributed by atoms with Crippen molar-refractivity contribution < 1.29 is 9.18 Å². The molecule has 10 nitrogen and oxygen atoms in total. The highest BCUT2D eigenvalue weighted by Gasteiger charge is 2.34. The average molecular weight is 439 g/mol. The molecule has 32 heavy (non-hydrogen) atoms. The third kappa shape index (κ3) is 4.52. The van der Waals surface area contributed by atoms with Crippen molar-refractivity contribution in [2.24, 2.45) is 17.4 Å². The van der Waals surface area contributed by atoms with Crippen molar-refractivity contribution >= 4 is 23.2 Å². The minimum absolute atomic E-state index is 0.0100. The summed E-state index contributed by atoms with van der Waals surface area (Å²) in [5.74, 6) is -0.983. The maximum atomic E-state index is 14.7. The van der Waals surface area contributed by atoms with Gasteiger partial charge in [-0.3, -0.25) is 9.78 Å². The lowest BCUT2D eigenvalue weighted by Crippen LogP contribution is -2.40. The number of aromatic nitrogens is 5. The van der Waals surface area contributed by atoms with Gasteiger partial charge in [0.25, 0.3) is 5.91 Å². The predicted molar refractivity (Wildman–Crippen MR) is 118 cm³/mol. The van der Waals surface area contributed by atoms with Crippen LogP contribution in [-0.4, -0.2) is 43.0 Å². The monoisotopic (exact) mass is 439 g/mol. The highest BCUT2D eigenvalue weighted by Crippen LogP contribution is 2.36. The molecule has 0 aliphatic heterocycles. The maximum absolute atomic E-state index is 14.7. The second kappa shape index (κ2) is 8.50. The van der Waals surface area contributed by atoms with Gasteiger partial charge in [-0.25, -0.2) is 9.37 Å². The molecule has 1 fully saturated rings. The van der Waals surface area contributed by atoms with Crippen LogP contribution >= 0.6 is 0 Å². The van der Waals surface area contributed by atoms with E-state index in [1.807, 2.05) is 20.8 Å². The molecular weight excluding hydrogens is 413 g/mol. The first-order valence-electron chi connectivity index (χ1n) is 10.4. The Morgan fingerprint density at radius 3 is 2.47 bits per heavy atom. The van der Waals surface area contributed by atoms with Gasteiger partial charge in [0.05, 0.1) is 35.0 Å². The Balaban J connectivity index is 1.66. The normalized spacial score (nSPS) is 15.3. The number of nitrogens with zero attached hydrogens (tertiary/aromatic N) is 5. The molecule has 0 radical (unpaired) electrons. The van der Waals surface area contributed by atoms with E-state index in [1.54, 1.807) is 18.5 Å². The van der Waals surface area contributed by atoms with Gasteiger partial charge in [-0.2, -0.15) is 10.2 Å². The minimum atomic E-state index is -0.805. The van der Waals surface area contributed by atoms with E-state index < -0.39 is 11.7 Å². The Morgan fingerprint density at radius 1 is 1.19 bits per heavy atom. The second-order valence-electron chi connectivity index (χ2n) is 8.16. The number of hydrogen-bond donors (Lipinski definition) is 4. The van der Waals surface area contributed by atoms with Crippen molar-refractivity contribution in [3.8, 4) is 5.69 Å². The molecule has 1 aliphatic carbocycles. The molecule has 2 atom stereocenters. The van der Waals surface area contributed by atoms with Gasteiger partial charge in [0.2, 0.25) is 0 Å². The van der Waals surface area contributed by atoms with Gasteiger partial charge in [-0.1, -0.05) is 0 Å². The van der Waals surface area contributed by atoms with E-state index in [9.17, 15) is 9.18 Å². The van der Waals surface area contributed by atoms with Crippen molar-refractivity contribution in [2.45, 2.75) is 45.7 Å². The minimum Gasteiger partial charge on any atom is -0.365 e. The Kier molecular flexibility index (Phi) is 5.74. The number of pyridine rings is 2. The van der Waals surface area contributed by atoms with Crippen molar-refractivity contribution in [3.05, 3.63) is 47.3 Å². The number of nitrogens with two attached hydrogens (primary N) is 2. The number of rotatable bonds is 8. The number of nitrogens with one attached hydrogen (secondary N) is 2. The largest absolute Gasteiger partial charge is 0.365 e. The molecule has 6 N–H and O–H groups in total. The van der Waals surface area contributed by atoms with Crippen LogP contribution in [0.2, 0.25) is 0 Å². The van der Waals surface area contributed by atoms with E-state index in [4.69, 9.17) is 11.5 Å². The van der Waals surface area contributed by atoms with Crippen molar-refractivity contribution in [1.82, 2.24) is 25.0 Å². The molecule has 1 amide bonds. The topological polar surface area (TPSA) is 150 Å². The number of anilines is 3. The third-order valence-corrected chi connectivity index (χ3v) is 5.47. The molecule has 0 bridgehead atoms. The molecule has 11 heteroatoms. The smallest absolute Gasteiger partial charge is 0.252 e. The van der Waals surface area contributed by atoms with Crippen LogP contribution in [0.1, 0.15) is 41.5 Å². The second-order valence-corrected chi connectivity index (χ2v) is 8.16. The molecule has 3 heterocycles. The van der Waals surface area contributed by atoms with E-state index in [2.05, 4.69) is 30.8 Å². The lowest BCUT2D eigenvalue weighted by atomic mass is 10.1. The summed E-state index contributed by atoms with van der Waals surface area (Å²) in [6.07, 6.45) is 5.21. The lowest BCUT2D eigenvalue weighted by Gasteiger charge is -2.23. The van der Waals surface area contributed by atoms with Crippen LogP contribution in [0.5, 0.6) is 0 Å². The molecule has 3 aromatic heterocycles. The van der Waals surface area contributed by atoms with E-state index in [0.29, 0.717) is 17.3 Å². The summed E-state index contributed by atoms with van der Waals surface area (Å²) < 4.78 is 14.7. The molecule has 3 aromatic rings. The van der Waals surface area contributed by atoms with Crippen molar-refractivity contribution in [2.75, 3.05) is 10.6 Å². The molecule has 0 spiro atoms. The van der Waals surface area contributed by atoms with Crippen LogP contribution in [-0.2, 0) is 0 Å². The van der Waals surface area contributed by atoms with Crippen LogP contribution in [0.4, 0.5) is 21.7 Å². The van der Waals surface area contributed by atoms with Crippen LogP contribution in [0.3, 0.4) is 0 Å². The van der Waals surface area contributed by atoms with Gasteiger partial charge >= 0.3 is 0 Å². The fourth-order valence-corrected chi connectivity index (χ4v) is 3.47. The van der Waals surface area contributed by atoms with Gasteiger partial charge in [0.15, 0.2) is 11.6 Å². The summed E-state index contributed by atoms with van der Waals surface area (Å²) in [6, 6.07) is 2.51. The highest BCUT2D eigenvalue weighted by molar-refractivity contribution is 5.98. The Labute approximate surface area is 184 Å².